The molecule has 9 nitrogen and oxygen atoms in total. The predicted octanol–water partition coefficient (Wildman–Crippen LogP) is 1.26. The lowest BCUT2D eigenvalue weighted by Gasteiger charge is -2.06. The fraction of sp³-hybridized carbons (Fsp3) is 0.227. The lowest BCUT2D eigenvalue weighted by atomic mass is 10.1. The Morgan fingerprint density at radius 3 is 2.81 bits per heavy atom. The zero-order valence-corrected chi connectivity index (χ0v) is 17.0. The number of primary amides is 1. The van der Waals surface area contributed by atoms with Crippen LogP contribution in [0.1, 0.15) is 28.2 Å². The average molecular weight is 413 g/mol. The molecule has 0 aliphatic carbocycles. The summed E-state index contributed by atoms with van der Waals surface area (Å²) in [7, 11) is 3.41. The van der Waals surface area contributed by atoms with E-state index in [0.29, 0.717) is 40.9 Å². The number of carbonyl (C=O) groups is 2. The molecule has 1 atom stereocenters. The number of nitrogens with one attached hydrogen (secondary N) is 1. The summed E-state index contributed by atoms with van der Waals surface area (Å²) in [5, 5.41) is 17.1. The number of hydrogen-bond donors (Lipinski definition) is 2. The molecule has 3 heterocycles. The first-order valence-electron chi connectivity index (χ1n) is 9.61. The predicted molar refractivity (Wildman–Crippen MR) is 114 cm³/mol. The van der Waals surface area contributed by atoms with Crippen molar-refractivity contribution >= 4 is 28.5 Å². The van der Waals surface area contributed by atoms with E-state index in [-0.39, 0.29) is 23.2 Å². The summed E-state index contributed by atoms with van der Waals surface area (Å²) in [4.78, 5) is 30.0. The number of hydrogen-bond acceptors (Lipinski definition) is 6. The van der Waals surface area contributed by atoms with Gasteiger partial charge in [-0.25, -0.2) is 9.67 Å². The van der Waals surface area contributed by atoms with Crippen molar-refractivity contribution in [3.05, 3.63) is 47.3 Å². The monoisotopic (exact) mass is 413 g/mol. The molecule has 0 unspecified atom stereocenters. The van der Waals surface area contributed by atoms with Gasteiger partial charge in [0.25, 0.3) is 5.91 Å². The summed E-state index contributed by atoms with van der Waals surface area (Å²) in [5.74, 6) is 5.48. The summed E-state index contributed by atoms with van der Waals surface area (Å²) in [6.07, 6.45) is 0.713. The summed E-state index contributed by atoms with van der Waals surface area (Å²) in [6.45, 7) is 0.705. The van der Waals surface area contributed by atoms with E-state index >= 15 is 0 Å². The van der Waals surface area contributed by atoms with Crippen molar-refractivity contribution < 1.29 is 9.59 Å². The molecule has 0 radical (unpaired) electrons. The number of rotatable bonds is 3. The Kier molecular flexibility index (Phi) is 5.02. The van der Waals surface area contributed by atoms with Gasteiger partial charge in [-0.2, -0.15) is 10.4 Å². The highest BCUT2D eigenvalue weighted by Crippen LogP contribution is 2.28. The fourth-order valence-electron chi connectivity index (χ4n) is 3.59. The minimum atomic E-state index is -0.702. The number of pyridine rings is 1. The smallest absolute Gasteiger partial charge is 0.270 e. The fourth-order valence-corrected chi connectivity index (χ4v) is 3.59. The van der Waals surface area contributed by atoms with Crippen molar-refractivity contribution in [2.75, 3.05) is 26.0 Å². The maximum absolute atomic E-state index is 12.1. The summed E-state index contributed by atoms with van der Waals surface area (Å²) < 4.78 is 1.54. The molecule has 4 rings (SSSR count). The number of amides is 2. The zero-order valence-electron chi connectivity index (χ0n) is 17.0. The van der Waals surface area contributed by atoms with Crippen molar-refractivity contribution in [1.29, 1.82) is 5.26 Å². The van der Waals surface area contributed by atoms with Crippen LogP contribution in [0.4, 0.5) is 5.82 Å². The minimum absolute atomic E-state index is 0.0314. The van der Waals surface area contributed by atoms with Crippen LogP contribution in [-0.2, 0) is 4.79 Å². The standard InChI is InChI=1S/C22H19N7O2/c1-25-21-18-17(11-15(12-23)26-21)29(27-19(18)20(24)30)16-5-3-4-13(10-16)6-7-14-8-9-28(2)22(14)31/h3-5,10-11,14H,8-9H2,1-2H3,(H2,24,30)(H,25,26)/t14-/m1/s1. The van der Waals surface area contributed by atoms with Gasteiger partial charge in [-0.3, -0.25) is 9.59 Å². The van der Waals surface area contributed by atoms with Gasteiger partial charge in [0.05, 0.1) is 16.6 Å². The lowest BCUT2D eigenvalue weighted by molar-refractivity contribution is -0.128. The van der Waals surface area contributed by atoms with Crippen LogP contribution in [0.2, 0.25) is 0 Å². The maximum atomic E-state index is 12.1. The van der Waals surface area contributed by atoms with Gasteiger partial charge < -0.3 is 16.0 Å². The minimum Gasteiger partial charge on any atom is -0.372 e. The van der Waals surface area contributed by atoms with Crippen molar-refractivity contribution in [2.45, 2.75) is 6.42 Å². The number of carbonyl (C=O) groups excluding carboxylic acids is 2. The van der Waals surface area contributed by atoms with Crippen molar-refractivity contribution in [1.82, 2.24) is 19.7 Å². The van der Waals surface area contributed by atoms with E-state index in [1.165, 1.54) is 0 Å². The Hall–Kier alpha value is -4.37. The van der Waals surface area contributed by atoms with E-state index in [4.69, 9.17) is 5.73 Å². The SMILES string of the molecule is CNc1nc(C#N)cc2c1c(C(N)=O)nn2-c1cccc(C#C[C@@H]2CCN(C)C2=O)c1. The maximum Gasteiger partial charge on any atom is 0.270 e. The van der Waals surface area contributed by atoms with E-state index in [0.717, 1.165) is 0 Å². The van der Waals surface area contributed by atoms with E-state index in [1.54, 1.807) is 35.8 Å². The molecular weight excluding hydrogens is 394 g/mol. The van der Waals surface area contributed by atoms with Crippen LogP contribution in [0.5, 0.6) is 0 Å². The Morgan fingerprint density at radius 1 is 1.35 bits per heavy atom. The first kappa shape index (κ1) is 19.9. The molecule has 3 N–H and O–H groups in total. The molecule has 0 saturated carbocycles. The Balaban J connectivity index is 1.83. The van der Waals surface area contributed by atoms with Crippen LogP contribution in [-0.4, -0.2) is 52.1 Å². The molecule has 1 aliphatic rings. The third-order valence-corrected chi connectivity index (χ3v) is 5.16. The number of nitriles is 1. The summed E-state index contributed by atoms with van der Waals surface area (Å²) >= 11 is 0. The number of fused-ring (bicyclic) bond motifs is 1. The Labute approximate surface area is 178 Å². The number of nitrogens with zero attached hydrogens (tertiary/aromatic N) is 5. The van der Waals surface area contributed by atoms with Gasteiger partial charge in [0.2, 0.25) is 5.91 Å². The molecule has 1 fully saturated rings. The summed E-state index contributed by atoms with van der Waals surface area (Å²) in [6, 6.07) is 10.8. The average Bonchev–Trinajstić information content (AvgIpc) is 3.32. The second kappa shape index (κ2) is 7.81. The third-order valence-electron chi connectivity index (χ3n) is 5.16. The van der Waals surface area contributed by atoms with Crippen LogP contribution in [0.15, 0.2) is 30.3 Å². The summed E-state index contributed by atoms with van der Waals surface area (Å²) in [5.41, 5.74) is 7.62. The van der Waals surface area contributed by atoms with E-state index in [2.05, 4.69) is 27.2 Å². The molecule has 9 heteroatoms. The van der Waals surface area contributed by atoms with Crippen LogP contribution >= 0.6 is 0 Å². The Bertz CT molecular complexity index is 1320. The number of anilines is 1. The van der Waals surface area contributed by atoms with Crippen LogP contribution in [0.3, 0.4) is 0 Å². The number of nitrogens with two attached hydrogens (primary N) is 1. The van der Waals surface area contributed by atoms with Crippen molar-refractivity contribution in [3.8, 4) is 23.6 Å². The first-order valence-corrected chi connectivity index (χ1v) is 9.61. The highest BCUT2D eigenvalue weighted by atomic mass is 16.2. The quantitative estimate of drug-likeness (QED) is 0.622. The van der Waals surface area contributed by atoms with Crippen molar-refractivity contribution in [2.24, 2.45) is 11.7 Å². The molecule has 1 aliphatic heterocycles. The molecule has 1 saturated heterocycles. The molecule has 2 aromatic heterocycles. The Morgan fingerprint density at radius 2 is 2.16 bits per heavy atom. The normalized spacial score (nSPS) is 15.5. The van der Waals surface area contributed by atoms with Crippen LogP contribution in [0.25, 0.3) is 16.6 Å². The molecule has 0 spiro atoms. The first-order chi connectivity index (χ1) is 14.9. The van der Waals surface area contributed by atoms with Crippen molar-refractivity contribution in [3.63, 3.8) is 0 Å². The van der Waals surface area contributed by atoms with Gasteiger partial charge in [-0.1, -0.05) is 17.9 Å². The topological polar surface area (TPSA) is 130 Å². The van der Waals surface area contributed by atoms with Gasteiger partial charge >= 0.3 is 0 Å². The molecule has 154 valence electrons. The van der Waals surface area contributed by atoms with Gasteiger partial charge in [0.1, 0.15) is 23.5 Å². The van der Waals surface area contributed by atoms with E-state index in [1.807, 2.05) is 24.3 Å². The van der Waals surface area contributed by atoms with Gasteiger partial charge in [-0.05, 0) is 24.6 Å². The number of benzene rings is 1. The van der Waals surface area contributed by atoms with Crippen LogP contribution in [0, 0.1) is 29.1 Å². The van der Waals surface area contributed by atoms with Crippen LogP contribution < -0.4 is 11.1 Å². The highest BCUT2D eigenvalue weighted by molar-refractivity contribution is 6.08. The third kappa shape index (κ3) is 3.53. The second-order valence-corrected chi connectivity index (χ2v) is 7.16. The number of likely N-dealkylation sites (tertiary alicyclic amines) is 1. The molecular formula is C22H19N7O2. The lowest BCUT2D eigenvalue weighted by Crippen LogP contribution is -2.21. The molecule has 3 aromatic rings. The molecule has 1 aromatic carbocycles. The van der Waals surface area contributed by atoms with Gasteiger partial charge in [0.15, 0.2) is 5.69 Å². The van der Waals surface area contributed by atoms with E-state index < -0.39 is 5.91 Å². The van der Waals surface area contributed by atoms with Gasteiger partial charge in [0, 0.05) is 32.3 Å². The largest absolute Gasteiger partial charge is 0.372 e. The van der Waals surface area contributed by atoms with E-state index in [9.17, 15) is 14.9 Å². The zero-order chi connectivity index (χ0) is 22.1. The second-order valence-electron chi connectivity index (χ2n) is 7.16. The number of aromatic nitrogens is 3. The highest BCUT2D eigenvalue weighted by Gasteiger charge is 2.27. The van der Waals surface area contributed by atoms with Gasteiger partial charge in [-0.15, -0.1) is 0 Å². The molecule has 2 amide bonds. The molecule has 31 heavy (non-hydrogen) atoms. The molecule has 0 bridgehead atoms.